The van der Waals surface area contributed by atoms with Gasteiger partial charge in [-0.05, 0) is 32.1 Å². The van der Waals surface area contributed by atoms with Crippen molar-refractivity contribution in [2.45, 2.75) is 71.2 Å². The zero-order chi connectivity index (χ0) is 17.8. The average molecular weight is 325 g/mol. The van der Waals surface area contributed by atoms with Crippen molar-refractivity contribution in [1.82, 2.24) is 0 Å². The van der Waals surface area contributed by atoms with E-state index in [-0.39, 0.29) is 12.2 Å². The van der Waals surface area contributed by atoms with E-state index in [4.69, 9.17) is 9.47 Å². The summed E-state index contributed by atoms with van der Waals surface area (Å²) in [6, 6.07) is 0. The van der Waals surface area contributed by atoms with Crippen LogP contribution in [-0.2, 0) is 19.1 Å². The molecule has 0 aromatic rings. The van der Waals surface area contributed by atoms with E-state index in [9.17, 15) is 14.7 Å². The van der Waals surface area contributed by atoms with E-state index in [1.807, 2.05) is 20.8 Å². The molecule has 3 atom stereocenters. The van der Waals surface area contributed by atoms with Gasteiger partial charge in [-0.25, -0.2) is 9.59 Å². The van der Waals surface area contributed by atoms with Gasteiger partial charge in [0.2, 0.25) is 0 Å². The van der Waals surface area contributed by atoms with Gasteiger partial charge >= 0.3 is 11.9 Å². The summed E-state index contributed by atoms with van der Waals surface area (Å²) < 4.78 is 10.6. The van der Waals surface area contributed by atoms with Gasteiger partial charge in [-0.15, -0.1) is 0 Å². The fraction of sp³-hybridized carbons (Fsp3) is 0.611. The van der Waals surface area contributed by atoms with Crippen LogP contribution >= 0.6 is 0 Å². The highest BCUT2D eigenvalue weighted by Crippen LogP contribution is 2.27. The predicted molar refractivity (Wildman–Crippen MR) is 89.5 cm³/mol. The maximum Gasteiger partial charge on any atom is 0.330 e. The van der Waals surface area contributed by atoms with Gasteiger partial charge in [-0.3, -0.25) is 0 Å². The number of esters is 2. The number of carbonyl (C=O) groups is 2. The maximum atomic E-state index is 11.4. The SMILES string of the molecule is C=CC(=O)OC(CC)C[C](CC(CC)OC(=O)C=C)C(O)CC. The van der Waals surface area contributed by atoms with E-state index in [0.717, 1.165) is 18.1 Å². The Morgan fingerprint density at radius 3 is 1.57 bits per heavy atom. The van der Waals surface area contributed by atoms with Crippen molar-refractivity contribution in [3.63, 3.8) is 0 Å². The van der Waals surface area contributed by atoms with Crippen molar-refractivity contribution in [2.24, 2.45) is 0 Å². The first-order chi connectivity index (χ1) is 10.9. The molecule has 0 aliphatic carbocycles. The highest BCUT2D eigenvalue weighted by atomic mass is 16.5. The molecule has 0 saturated carbocycles. The second kappa shape index (κ2) is 11.9. The lowest BCUT2D eigenvalue weighted by atomic mass is 9.87. The minimum atomic E-state index is -0.622. The Kier molecular flexibility index (Phi) is 11.0. The summed E-state index contributed by atoms with van der Waals surface area (Å²) in [5.41, 5.74) is 0. The lowest BCUT2D eigenvalue weighted by Crippen LogP contribution is -2.30. The van der Waals surface area contributed by atoms with Crippen molar-refractivity contribution in [3.05, 3.63) is 31.2 Å². The average Bonchev–Trinajstić information content (AvgIpc) is 2.57. The standard InChI is InChI=1S/C18H29O5/c1-6-14(22-17(20)9-4)11-13(16(19)8-3)12-15(7-2)23-18(21)10-5/h9-10,14-16,19H,4-8,11-12H2,1-3H3. The van der Waals surface area contributed by atoms with Gasteiger partial charge in [0.1, 0.15) is 12.2 Å². The van der Waals surface area contributed by atoms with Crippen molar-refractivity contribution < 1.29 is 24.2 Å². The molecule has 0 bridgehead atoms. The Balaban J connectivity index is 4.90. The monoisotopic (exact) mass is 325 g/mol. The molecule has 0 spiro atoms. The first kappa shape index (κ1) is 21.4. The molecule has 0 aromatic carbocycles. The molecular formula is C18H29O5. The molecule has 5 heteroatoms. The lowest BCUT2D eigenvalue weighted by molar-refractivity contribution is -0.143. The molecule has 0 amide bonds. The van der Waals surface area contributed by atoms with Crippen LogP contribution in [0.2, 0.25) is 0 Å². The third-order valence-corrected chi connectivity index (χ3v) is 3.65. The van der Waals surface area contributed by atoms with E-state index in [1.165, 1.54) is 0 Å². The van der Waals surface area contributed by atoms with Crippen LogP contribution < -0.4 is 0 Å². The van der Waals surface area contributed by atoms with E-state index < -0.39 is 18.0 Å². The second-order valence-corrected chi connectivity index (χ2v) is 5.33. The van der Waals surface area contributed by atoms with Crippen LogP contribution in [0.1, 0.15) is 52.9 Å². The fourth-order valence-electron chi connectivity index (χ4n) is 2.19. The maximum absolute atomic E-state index is 11.4. The van der Waals surface area contributed by atoms with Crippen LogP contribution in [-0.4, -0.2) is 35.4 Å². The third kappa shape index (κ3) is 8.55. The van der Waals surface area contributed by atoms with Gasteiger partial charge in [-0.1, -0.05) is 33.9 Å². The molecule has 131 valence electrons. The number of rotatable bonds is 12. The highest BCUT2D eigenvalue weighted by molar-refractivity contribution is 5.81. The van der Waals surface area contributed by atoms with Gasteiger partial charge in [0.25, 0.3) is 0 Å². The van der Waals surface area contributed by atoms with Crippen LogP contribution in [0.5, 0.6) is 0 Å². The van der Waals surface area contributed by atoms with Crippen molar-refractivity contribution in [2.75, 3.05) is 0 Å². The Hall–Kier alpha value is -1.62. The number of aliphatic hydroxyl groups is 1. The lowest BCUT2D eigenvalue weighted by Gasteiger charge is -2.28. The van der Waals surface area contributed by atoms with Crippen LogP contribution in [0.25, 0.3) is 0 Å². The van der Waals surface area contributed by atoms with E-state index >= 15 is 0 Å². The Labute approximate surface area is 139 Å². The predicted octanol–water partition coefficient (Wildman–Crippen LogP) is 3.13. The Morgan fingerprint density at radius 2 is 1.30 bits per heavy atom. The van der Waals surface area contributed by atoms with Crippen molar-refractivity contribution in [3.8, 4) is 0 Å². The van der Waals surface area contributed by atoms with E-state index in [1.54, 1.807) is 0 Å². The van der Waals surface area contributed by atoms with E-state index in [2.05, 4.69) is 13.2 Å². The molecule has 0 saturated heterocycles. The summed E-state index contributed by atoms with van der Waals surface area (Å²) in [5, 5.41) is 10.2. The van der Waals surface area contributed by atoms with Gasteiger partial charge in [0, 0.05) is 18.1 Å². The smallest absolute Gasteiger partial charge is 0.330 e. The van der Waals surface area contributed by atoms with Gasteiger partial charge < -0.3 is 14.6 Å². The molecule has 0 aliphatic rings. The molecule has 1 N–H and O–H groups in total. The summed E-state index contributed by atoms with van der Waals surface area (Å²) in [7, 11) is 0. The van der Waals surface area contributed by atoms with Crippen LogP contribution in [0.4, 0.5) is 0 Å². The summed E-state index contributed by atoms with van der Waals surface area (Å²) in [6.07, 6.45) is 3.65. The minimum absolute atomic E-state index is 0.329. The van der Waals surface area contributed by atoms with Gasteiger partial charge in [0.05, 0.1) is 6.10 Å². The fourth-order valence-corrected chi connectivity index (χ4v) is 2.19. The molecule has 0 aromatic heterocycles. The van der Waals surface area contributed by atoms with Crippen LogP contribution in [0, 0.1) is 5.92 Å². The summed E-state index contributed by atoms with van der Waals surface area (Å²) in [6.45, 7) is 12.5. The summed E-state index contributed by atoms with van der Waals surface area (Å²) in [4.78, 5) is 22.7. The molecule has 1 radical (unpaired) electrons. The molecule has 0 fully saturated rings. The van der Waals surface area contributed by atoms with Crippen molar-refractivity contribution >= 4 is 11.9 Å². The third-order valence-electron chi connectivity index (χ3n) is 3.65. The number of hydrogen-bond acceptors (Lipinski definition) is 5. The Morgan fingerprint density at radius 1 is 0.913 bits per heavy atom. The first-order valence-electron chi connectivity index (χ1n) is 8.10. The zero-order valence-corrected chi connectivity index (χ0v) is 14.4. The molecule has 5 nitrogen and oxygen atoms in total. The van der Waals surface area contributed by atoms with Gasteiger partial charge in [0.15, 0.2) is 0 Å². The number of hydrogen-bond donors (Lipinski definition) is 1. The Bertz CT molecular complexity index is 359. The normalized spacial score (nSPS) is 14.7. The largest absolute Gasteiger partial charge is 0.459 e. The first-order valence-corrected chi connectivity index (χ1v) is 8.10. The highest BCUT2D eigenvalue weighted by Gasteiger charge is 2.27. The molecular weight excluding hydrogens is 296 g/mol. The number of aliphatic hydroxyl groups excluding tert-OH is 1. The number of ether oxygens (including phenoxy) is 2. The summed E-state index contributed by atoms with van der Waals surface area (Å²) in [5.74, 6) is -0.139. The topological polar surface area (TPSA) is 72.8 Å². The molecule has 0 aliphatic heterocycles. The summed E-state index contributed by atoms with van der Waals surface area (Å²) >= 11 is 0. The van der Waals surface area contributed by atoms with Gasteiger partial charge in [-0.2, -0.15) is 0 Å². The number of carbonyl (C=O) groups excluding carboxylic acids is 2. The van der Waals surface area contributed by atoms with Crippen molar-refractivity contribution in [1.29, 1.82) is 0 Å². The van der Waals surface area contributed by atoms with E-state index in [0.29, 0.717) is 32.1 Å². The van der Waals surface area contributed by atoms with Crippen LogP contribution in [0.15, 0.2) is 25.3 Å². The molecule has 23 heavy (non-hydrogen) atoms. The van der Waals surface area contributed by atoms with Crippen LogP contribution in [0.3, 0.4) is 0 Å². The quantitative estimate of drug-likeness (QED) is 0.441. The zero-order valence-electron chi connectivity index (χ0n) is 14.4. The molecule has 0 rings (SSSR count). The molecule has 3 unspecified atom stereocenters. The minimum Gasteiger partial charge on any atom is -0.459 e. The second-order valence-electron chi connectivity index (χ2n) is 5.33. The molecule has 0 heterocycles.